The van der Waals surface area contributed by atoms with Crippen LogP contribution in [0.2, 0.25) is 5.02 Å². The largest absolute Gasteiger partial charge is 0.465 e. The molecule has 0 radical (unpaired) electrons. The van der Waals surface area contributed by atoms with Crippen molar-refractivity contribution in [2.24, 2.45) is 0 Å². The number of hydrogen-bond acceptors (Lipinski definition) is 8. The second kappa shape index (κ2) is 8.65. The fourth-order valence-corrected chi connectivity index (χ4v) is 2.81. The van der Waals surface area contributed by atoms with Gasteiger partial charge in [0, 0.05) is 11.9 Å². The Morgan fingerprint density at radius 2 is 2.11 bits per heavy atom. The van der Waals surface area contributed by atoms with Gasteiger partial charge in [-0.25, -0.2) is 4.79 Å². The molecule has 0 aliphatic heterocycles. The van der Waals surface area contributed by atoms with Gasteiger partial charge in [0.05, 0.1) is 23.4 Å². The maximum absolute atomic E-state index is 12.1. The highest BCUT2D eigenvalue weighted by Crippen LogP contribution is 2.23. The quantitative estimate of drug-likeness (QED) is 0.492. The van der Waals surface area contributed by atoms with E-state index >= 15 is 0 Å². The third kappa shape index (κ3) is 4.83. The number of thioether (sulfide) groups is 1. The molecule has 3 rings (SSSR count). The zero-order valence-electron chi connectivity index (χ0n) is 14.0. The van der Waals surface area contributed by atoms with Gasteiger partial charge in [-0.05, 0) is 30.3 Å². The Kier molecular flexibility index (Phi) is 6.05. The van der Waals surface area contributed by atoms with Crippen LogP contribution in [0.5, 0.6) is 0 Å². The molecule has 10 heteroatoms. The fourth-order valence-electron chi connectivity index (χ4n) is 2.05. The fraction of sp³-hybridized carbons (Fsp3) is 0.118. The number of nitrogens with zero attached hydrogens (tertiary/aromatic N) is 3. The molecule has 0 aliphatic rings. The normalized spacial score (nSPS) is 10.4. The average molecular weight is 405 g/mol. The smallest absolute Gasteiger partial charge is 0.339 e. The molecule has 27 heavy (non-hydrogen) atoms. The standard InChI is InChI=1S/C17H13ClN4O4S/c1-25-16(24)11-8-10(5-6-12(11)18)20-14(23)9-27-17-22-21-15(26-17)13-4-2-3-7-19-13/h2-8H,9H2,1H3,(H,20,23). The zero-order chi connectivity index (χ0) is 19.2. The number of methoxy groups -OCH3 is 1. The van der Waals surface area contributed by atoms with Crippen molar-refractivity contribution in [1.29, 1.82) is 0 Å². The van der Waals surface area contributed by atoms with E-state index in [-0.39, 0.29) is 33.4 Å². The van der Waals surface area contributed by atoms with Crippen LogP contribution in [0, 0.1) is 0 Å². The number of esters is 1. The van der Waals surface area contributed by atoms with Crippen molar-refractivity contribution in [3.05, 3.63) is 53.2 Å². The van der Waals surface area contributed by atoms with Crippen LogP contribution in [0.25, 0.3) is 11.6 Å². The van der Waals surface area contributed by atoms with Crippen molar-refractivity contribution < 1.29 is 18.7 Å². The zero-order valence-corrected chi connectivity index (χ0v) is 15.6. The molecule has 1 aromatic carbocycles. The first kappa shape index (κ1) is 18.9. The third-order valence-electron chi connectivity index (χ3n) is 3.27. The van der Waals surface area contributed by atoms with Crippen LogP contribution in [0.4, 0.5) is 5.69 Å². The van der Waals surface area contributed by atoms with Gasteiger partial charge in [-0.3, -0.25) is 9.78 Å². The second-order valence-corrected chi connectivity index (χ2v) is 6.44. The molecule has 2 aromatic heterocycles. The lowest BCUT2D eigenvalue weighted by Gasteiger charge is -2.07. The molecule has 1 amide bonds. The van der Waals surface area contributed by atoms with Gasteiger partial charge in [0.1, 0.15) is 5.69 Å². The van der Waals surface area contributed by atoms with Crippen LogP contribution in [-0.4, -0.2) is 39.9 Å². The number of nitrogens with one attached hydrogen (secondary N) is 1. The molecule has 0 spiro atoms. The Hall–Kier alpha value is -2.91. The highest BCUT2D eigenvalue weighted by molar-refractivity contribution is 7.99. The summed E-state index contributed by atoms with van der Waals surface area (Å²) >= 11 is 7.03. The van der Waals surface area contributed by atoms with E-state index in [0.29, 0.717) is 11.4 Å². The lowest BCUT2D eigenvalue weighted by atomic mass is 10.2. The van der Waals surface area contributed by atoms with E-state index in [0.717, 1.165) is 11.8 Å². The molecule has 2 heterocycles. The SMILES string of the molecule is COC(=O)c1cc(NC(=O)CSc2nnc(-c3ccccn3)o2)ccc1Cl. The Bertz CT molecular complexity index is 965. The number of rotatable bonds is 6. The van der Waals surface area contributed by atoms with Crippen molar-refractivity contribution in [2.45, 2.75) is 5.22 Å². The van der Waals surface area contributed by atoms with E-state index in [9.17, 15) is 9.59 Å². The summed E-state index contributed by atoms with van der Waals surface area (Å²) in [6, 6.07) is 9.87. The number of anilines is 1. The Morgan fingerprint density at radius 3 is 2.85 bits per heavy atom. The predicted molar refractivity (Wildman–Crippen MR) is 99.7 cm³/mol. The second-order valence-electron chi connectivity index (χ2n) is 5.11. The maximum Gasteiger partial charge on any atom is 0.339 e. The van der Waals surface area contributed by atoms with E-state index in [1.807, 2.05) is 6.07 Å². The first-order valence-electron chi connectivity index (χ1n) is 7.62. The number of pyridine rings is 1. The number of hydrogen-bond donors (Lipinski definition) is 1. The summed E-state index contributed by atoms with van der Waals surface area (Å²) in [4.78, 5) is 27.9. The molecule has 1 N–H and O–H groups in total. The van der Waals surface area contributed by atoms with Crippen LogP contribution < -0.4 is 5.32 Å². The molecule has 0 aliphatic carbocycles. The van der Waals surface area contributed by atoms with Crippen molar-refractivity contribution in [2.75, 3.05) is 18.2 Å². The van der Waals surface area contributed by atoms with Crippen molar-refractivity contribution >= 4 is 40.9 Å². The third-order valence-corrected chi connectivity index (χ3v) is 4.42. The molecule has 0 atom stereocenters. The van der Waals surface area contributed by atoms with E-state index in [1.165, 1.54) is 19.2 Å². The van der Waals surface area contributed by atoms with Crippen molar-refractivity contribution in [3.8, 4) is 11.6 Å². The highest BCUT2D eigenvalue weighted by Gasteiger charge is 2.14. The number of carbonyl (C=O) groups is 2. The molecule has 0 bridgehead atoms. The number of ether oxygens (including phenoxy) is 1. The highest BCUT2D eigenvalue weighted by atomic mass is 35.5. The lowest BCUT2D eigenvalue weighted by molar-refractivity contribution is -0.113. The van der Waals surface area contributed by atoms with E-state index in [1.54, 1.807) is 24.4 Å². The van der Waals surface area contributed by atoms with Gasteiger partial charge in [0.25, 0.3) is 11.1 Å². The first-order valence-corrected chi connectivity index (χ1v) is 8.98. The minimum absolute atomic E-state index is 0.0417. The number of carbonyl (C=O) groups excluding carboxylic acids is 2. The molecule has 3 aromatic rings. The number of amides is 1. The molecule has 0 saturated carbocycles. The topological polar surface area (TPSA) is 107 Å². The molecular formula is C17H13ClN4O4S. The Balaban J connectivity index is 1.59. The summed E-state index contributed by atoms with van der Waals surface area (Å²) in [6.45, 7) is 0. The summed E-state index contributed by atoms with van der Waals surface area (Å²) in [5.41, 5.74) is 1.14. The van der Waals surface area contributed by atoms with Gasteiger partial charge in [-0.1, -0.05) is 29.4 Å². The van der Waals surface area contributed by atoms with Gasteiger partial charge >= 0.3 is 5.97 Å². The maximum atomic E-state index is 12.1. The van der Waals surface area contributed by atoms with Crippen molar-refractivity contribution in [1.82, 2.24) is 15.2 Å². The Labute approximate surface area is 163 Å². The first-order chi connectivity index (χ1) is 13.1. The van der Waals surface area contributed by atoms with Gasteiger partial charge in [-0.15, -0.1) is 10.2 Å². The number of benzene rings is 1. The van der Waals surface area contributed by atoms with E-state index in [4.69, 9.17) is 16.0 Å². The number of aromatic nitrogens is 3. The van der Waals surface area contributed by atoms with Gasteiger partial charge in [0.2, 0.25) is 5.91 Å². The van der Waals surface area contributed by atoms with Gasteiger partial charge in [-0.2, -0.15) is 0 Å². The molecule has 0 saturated heterocycles. The Morgan fingerprint density at radius 1 is 1.26 bits per heavy atom. The monoisotopic (exact) mass is 404 g/mol. The summed E-state index contributed by atoms with van der Waals surface area (Å²) in [5, 5.41) is 10.9. The van der Waals surface area contributed by atoms with E-state index in [2.05, 4.69) is 25.2 Å². The predicted octanol–water partition coefficient (Wildman–Crippen LogP) is 3.30. The molecule has 8 nitrogen and oxygen atoms in total. The summed E-state index contributed by atoms with van der Waals surface area (Å²) in [5.74, 6) is -0.576. The molecule has 138 valence electrons. The van der Waals surface area contributed by atoms with Crippen LogP contribution in [0.1, 0.15) is 10.4 Å². The van der Waals surface area contributed by atoms with Crippen LogP contribution in [0.15, 0.2) is 52.2 Å². The number of halogens is 1. The van der Waals surface area contributed by atoms with Crippen LogP contribution >= 0.6 is 23.4 Å². The average Bonchev–Trinajstić information content (AvgIpc) is 3.17. The van der Waals surface area contributed by atoms with Gasteiger partial charge < -0.3 is 14.5 Å². The summed E-state index contributed by atoms with van der Waals surface area (Å²) in [7, 11) is 1.25. The van der Waals surface area contributed by atoms with Crippen LogP contribution in [-0.2, 0) is 9.53 Å². The molecule has 0 unspecified atom stereocenters. The van der Waals surface area contributed by atoms with E-state index < -0.39 is 5.97 Å². The summed E-state index contributed by atoms with van der Waals surface area (Å²) < 4.78 is 10.1. The molecular weight excluding hydrogens is 392 g/mol. The lowest BCUT2D eigenvalue weighted by Crippen LogP contribution is -2.14. The van der Waals surface area contributed by atoms with Crippen molar-refractivity contribution in [3.63, 3.8) is 0 Å². The minimum Gasteiger partial charge on any atom is -0.465 e. The summed E-state index contributed by atoms with van der Waals surface area (Å²) in [6.07, 6.45) is 1.62. The van der Waals surface area contributed by atoms with Gasteiger partial charge in [0.15, 0.2) is 0 Å². The molecule has 0 fully saturated rings. The minimum atomic E-state index is -0.585. The van der Waals surface area contributed by atoms with Crippen LogP contribution in [0.3, 0.4) is 0 Å².